The minimum Gasteiger partial charge on any atom is -0.325 e. The fourth-order valence-corrected chi connectivity index (χ4v) is 3.88. The van der Waals surface area contributed by atoms with Crippen LogP contribution in [-0.4, -0.2) is 23.9 Å². The molecule has 0 bridgehead atoms. The van der Waals surface area contributed by atoms with Gasteiger partial charge in [-0.25, -0.2) is 4.39 Å². The molecule has 1 N–H and O–H groups in total. The van der Waals surface area contributed by atoms with Gasteiger partial charge < -0.3 is 10.2 Å². The molecule has 0 unspecified atom stereocenters. The van der Waals surface area contributed by atoms with E-state index in [-0.39, 0.29) is 11.7 Å². The average molecular weight is 335 g/mol. The van der Waals surface area contributed by atoms with E-state index in [1.807, 2.05) is 31.2 Å². The van der Waals surface area contributed by atoms with E-state index in [4.69, 9.17) is 5.26 Å². The van der Waals surface area contributed by atoms with Crippen molar-refractivity contribution in [2.75, 3.05) is 18.4 Å². The van der Waals surface area contributed by atoms with Crippen molar-refractivity contribution in [2.24, 2.45) is 5.41 Å². The summed E-state index contributed by atoms with van der Waals surface area (Å²) in [6, 6.07) is 10.7. The molecule has 1 saturated heterocycles. The number of rotatable bonds is 1. The van der Waals surface area contributed by atoms with Crippen LogP contribution in [0.4, 0.5) is 10.1 Å². The number of benzene rings is 2. The number of anilines is 1. The van der Waals surface area contributed by atoms with Gasteiger partial charge in [0.2, 0.25) is 5.91 Å². The molecule has 2 aliphatic rings. The van der Waals surface area contributed by atoms with E-state index in [0.29, 0.717) is 31.5 Å². The van der Waals surface area contributed by atoms with Crippen molar-refractivity contribution in [1.82, 2.24) is 4.90 Å². The average Bonchev–Trinajstić information content (AvgIpc) is 3.02. The largest absolute Gasteiger partial charge is 0.325 e. The van der Waals surface area contributed by atoms with Gasteiger partial charge in [0.25, 0.3) is 0 Å². The van der Waals surface area contributed by atoms with E-state index in [1.165, 1.54) is 6.07 Å². The summed E-state index contributed by atoms with van der Waals surface area (Å²) >= 11 is 0. The number of hydrogen-bond donors (Lipinski definition) is 1. The van der Waals surface area contributed by atoms with Gasteiger partial charge in [0, 0.05) is 24.3 Å². The molecular formula is C20H18FN3O. The summed E-state index contributed by atoms with van der Waals surface area (Å²) in [4.78, 5) is 14.2. The molecule has 1 spiro atoms. The van der Waals surface area contributed by atoms with Gasteiger partial charge in [-0.3, -0.25) is 4.79 Å². The van der Waals surface area contributed by atoms with Crippen LogP contribution in [-0.2, 0) is 11.2 Å². The lowest BCUT2D eigenvalue weighted by Gasteiger charge is -2.33. The SMILES string of the molecule is Cc1ccc(F)c(-c2ccc3c(c2)C[C@]2(CCN(C#N)C2)C(=O)N3)c1. The lowest BCUT2D eigenvalue weighted by atomic mass is 9.76. The quantitative estimate of drug-likeness (QED) is 0.812. The molecule has 0 radical (unpaired) electrons. The van der Waals surface area contributed by atoms with Crippen LogP contribution in [0.3, 0.4) is 0 Å². The molecule has 4 rings (SSSR count). The molecule has 0 aromatic heterocycles. The highest BCUT2D eigenvalue weighted by Crippen LogP contribution is 2.42. The first-order valence-electron chi connectivity index (χ1n) is 8.36. The fraction of sp³-hybridized carbons (Fsp3) is 0.300. The lowest BCUT2D eigenvalue weighted by Crippen LogP contribution is -2.43. The highest BCUT2D eigenvalue weighted by molar-refractivity contribution is 5.99. The van der Waals surface area contributed by atoms with Crippen molar-refractivity contribution in [3.8, 4) is 17.3 Å². The number of fused-ring (bicyclic) bond motifs is 1. The van der Waals surface area contributed by atoms with Crippen LogP contribution in [0.25, 0.3) is 11.1 Å². The summed E-state index contributed by atoms with van der Waals surface area (Å²) in [6.07, 6.45) is 3.37. The number of amides is 1. The third kappa shape index (κ3) is 2.54. The Hall–Kier alpha value is -2.87. The Bertz CT molecular complexity index is 918. The zero-order chi connectivity index (χ0) is 17.6. The zero-order valence-corrected chi connectivity index (χ0v) is 14.0. The molecule has 25 heavy (non-hydrogen) atoms. The summed E-state index contributed by atoms with van der Waals surface area (Å²) in [5.41, 5.74) is 3.59. The Labute approximate surface area is 145 Å². The van der Waals surface area contributed by atoms with E-state index in [2.05, 4.69) is 11.5 Å². The molecule has 2 aliphatic heterocycles. The van der Waals surface area contributed by atoms with Gasteiger partial charge in [0.15, 0.2) is 6.19 Å². The van der Waals surface area contributed by atoms with Gasteiger partial charge in [0.1, 0.15) is 5.82 Å². The molecular weight excluding hydrogens is 317 g/mol. The summed E-state index contributed by atoms with van der Waals surface area (Å²) in [5, 5.41) is 12.1. The predicted octanol–water partition coefficient (Wildman–Crippen LogP) is 3.47. The maximum Gasteiger partial charge on any atom is 0.232 e. The minimum absolute atomic E-state index is 0.0211. The highest BCUT2D eigenvalue weighted by Gasteiger charge is 2.47. The van der Waals surface area contributed by atoms with Crippen LogP contribution in [0.2, 0.25) is 0 Å². The van der Waals surface area contributed by atoms with Gasteiger partial charge in [-0.05, 0) is 55.2 Å². The Morgan fingerprint density at radius 1 is 1.28 bits per heavy atom. The first-order valence-corrected chi connectivity index (χ1v) is 8.36. The van der Waals surface area contributed by atoms with Crippen LogP contribution < -0.4 is 5.32 Å². The van der Waals surface area contributed by atoms with Crippen molar-refractivity contribution in [1.29, 1.82) is 5.26 Å². The fourth-order valence-electron chi connectivity index (χ4n) is 3.88. The van der Waals surface area contributed by atoms with Gasteiger partial charge in [-0.1, -0.05) is 17.7 Å². The molecule has 1 fully saturated rings. The van der Waals surface area contributed by atoms with Crippen molar-refractivity contribution in [2.45, 2.75) is 19.8 Å². The van der Waals surface area contributed by atoms with Crippen molar-refractivity contribution in [3.63, 3.8) is 0 Å². The first-order chi connectivity index (χ1) is 12.0. The van der Waals surface area contributed by atoms with E-state index in [1.54, 1.807) is 11.0 Å². The number of carbonyl (C=O) groups is 1. The molecule has 0 saturated carbocycles. The zero-order valence-electron chi connectivity index (χ0n) is 14.0. The van der Waals surface area contributed by atoms with Crippen LogP contribution in [0, 0.1) is 29.6 Å². The Morgan fingerprint density at radius 2 is 2.12 bits per heavy atom. The number of nitriles is 1. The molecule has 2 heterocycles. The summed E-state index contributed by atoms with van der Waals surface area (Å²) in [5.74, 6) is -0.274. The van der Waals surface area contributed by atoms with Crippen LogP contribution in [0.1, 0.15) is 17.5 Å². The normalized spacial score (nSPS) is 21.8. The number of carbonyl (C=O) groups excluding carboxylic acids is 1. The molecule has 1 amide bonds. The third-order valence-electron chi connectivity index (χ3n) is 5.29. The topological polar surface area (TPSA) is 56.1 Å². The second kappa shape index (κ2) is 5.59. The predicted molar refractivity (Wildman–Crippen MR) is 93.1 cm³/mol. The molecule has 2 aromatic carbocycles. The summed E-state index contributed by atoms with van der Waals surface area (Å²) < 4.78 is 14.2. The van der Waals surface area contributed by atoms with Gasteiger partial charge in [-0.2, -0.15) is 5.26 Å². The smallest absolute Gasteiger partial charge is 0.232 e. The van der Waals surface area contributed by atoms with E-state index < -0.39 is 5.41 Å². The van der Waals surface area contributed by atoms with E-state index in [9.17, 15) is 9.18 Å². The Morgan fingerprint density at radius 3 is 2.88 bits per heavy atom. The molecule has 2 aromatic rings. The third-order valence-corrected chi connectivity index (χ3v) is 5.29. The second-order valence-electron chi connectivity index (χ2n) is 7.04. The number of hydrogen-bond acceptors (Lipinski definition) is 3. The minimum atomic E-state index is -0.563. The van der Waals surface area contributed by atoms with Gasteiger partial charge in [0.05, 0.1) is 5.41 Å². The number of nitrogens with one attached hydrogen (secondary N) is 1. The maximum atomic E-state index is 14.2. The lowest BCUT2D eigenvalue weighted by molar-refractivity contribution is -0.125. The standard InChI is InChI=1S/C20H18FN3O/c1-13-2-4-17(21)16(8-13)14-3-5-18-15(9-14)10-20(19(25)23-18)6-7-24(11-20)12-22/h2-5,8-9H,6-7,10-11H2,1H3,(H,23,25)/t20-/m0/s1. The highest BCUT2D eigenvalue weighted by atomic mass is 19.1. The monoisotopic (exact) mass is 335 g/mol. The summed E-state index contributed by atoms with van der Waals surface area (Å²) in [7, 11) is 0. The Balaban J connectivity index is 1.73. The molecule has 5 heteroatoms. The second-order valence-corrected chi connectivity index (χ2v) is 7.04. The number of halogens is 1. The van der Waals surface area contributed by atoms with Crippen molar-refractivity contribution in [3.05, 3.63) is 53.3 Å². The van der Waals surface area contributed by atoms with Crippen LogP contribution in [0.5, 0.6) is 0 Å². The molecule has 4 nitrogen and oxygen atoms in total. The van der Waals surface area contributed by atoms with Crippen LogP contribution in [0.15, 0.2) is 36.4 Å². The van der Waals surface area contributed by atoms with E-state index in [0.717, 1.165) is 22.4 Å². The van der Waals surface area contributed by atoms with E-state index >= 15 is 0 Å². The molecule has 1 atom stereocenters. The molecule has 126 valence electrons. The number of aryl methyl sites for hydroxylation is 1. The van der Waals surface area contributed by atoms with Crippen molar-refractivity contribution >= 4 is 11.6 Å². The first kappa shape index (κ1) is 15.6. The van der Waals surface area contributed by atoms with Gasteiger partial charge >= 0.3 is 0 Å². The van der Waals surface area contributed by atoms with Crippen LogP contribution >= 0.6 is 0 Å². The number of nitrogens with zero attached hydrogens (tertiary/aromatic N) is 2. The molecule has 0 aliphatic carbocycles. The maximum absolute atomic E-state index is 14.2. The van der Waals surface area contributed by atoms with Gasteiger partial charge in [-0.15, -0.1) is 0 Å². The number of likely N-dealkylation sites (tertiary alicyclic amines) is 1. The van der Waals surface area contributed by atoms with Crippen molar-refractivity contribution < 1.29 is 9.18 Å². The Kier molecular flexibility index (Phi) is 3.50. The summed E-state index contributed by atoms with van der Waals surface area (Å²) in [6.45, 7) is 2.98.